The summed E-state index contributed by atoms with van der Waals surface area (Å²) in [6.45, 7) is 0. The lowest BCUT2D eigenvalue weighted by Gasteiger charge is -2.00. The van der Waals surface area contributed by atoms with E-state index in [9.17, 15) is 5.11 Å². The van der Waals surface area contributed by atoms with Crippen molar-refractivity contribution in [1.82, 2.24) is 0 Å². The zero-order chi connectivity index (χ0) is 14.8. The van der Waals surface area contributed by atoms with Gasteiger partial charge in [-0.25, -0.2) is 0 Å². The number of aliphatic hydroxyl groups excluding tert-OH is 1. The molecule has 1 N–H and O–H groups in total. The molecule has 1 nitrogen and oxygen atoms in total. The molecular formula is C20H20O. The third-order valence-corrected chi connectivity index (χ3v) is 3.12. The van der Waals surface area contributed by atoms with Crippen molar-refractivity contribution in [1.29, 1.82) is 0 Å². The Hall–Kier alpha value is -2.30. The van der Waals surface area contributed by atoms with E-state index < -0.39 is 6.10 Å². The predicted octanol–water partition coefficient (Wildman–Crippen LogP) is 4.28. The van der Waals surface area contributed by atoms with Gasteiger partial charge in [0.1, 0.15) is 6.10 Å². The average molecular weight is 276 g/mol. The molecule has 106 valence electrons. The van der Waals surface area contributed by atoms with Crippen molar-refractivity contribution in [2.45, 2.75) is 25.4 Å². The fourth-order valence-electron chi connectivity index (χ4n) is 1.97. The molecule has 0 aliphatic rings. The highest BCUT2D eigenvalue weighted by atomic mass is 16.3. The van der Waals surface area contributed by atoms with Gasteiger partial charge in [0.15, 0.2) is 0 Å². The van der Waals surface area contributed by atoms with Crippen molar-refractivity contribution in [2.75, 3.05) is 0 Å². The van der Waals surface area contributed by atoms with Crippen molar-refractivity contribution in [3.05, 3.63) is 77.9 Å². The maximum absolute atomic E-state index is 9.83. The van der Waals surface area contributed by atoms with Crippen LogP contribution >= 0.6 is 0 Å². The van der Waals surface area contributed by atoms with Crippen LogP contribution in [0.3, 0.4) is 0 Å². The molecule has 0 bridgehead atoms. The Labute approximate surface area is 127 Å². The number of aliphatic hydroxyl groups is 1. The second-order valence-corrected chi connectivity index (χ2v) is 4.90. The van der Waals surface area contributed by atoms with Crippen LogP contribution in [0.2, 0.25) is 0 Å². The van der Waals surface area contributed by atoms with Gasteiger partial charge in [0.05, 0.1) is 0 Å². The lowest BCUT2D eigenvalue weighted by atomic mass is 10.1. The SMILES string of the molecule is OC(C#Cc1ccccc1)CCC/C=C/c1ccccc1. The second kappa shape index (κ2) is 8.79. The van der Waals surface area contributed by atoms with E-state index in [-0.39, 0.29) is 0 Å². The Morgan fingerprint density at radius 2 is 1.62 bits per heavy atom. The van der Waals surface area contributed by atoms with E-state index in [0.29, 0.717) is 6.42 Å². The zero-order valence-corrected chi connectivity index (χ0v) is 12.1. The van der Waals surface area contributed by atoms with Gasteiger partial charge in [0, 0.05) is 5.56 Å². The van der Waals surface area contributed by atoms with Crippen LogP contribution < -0.4 is 0 Å². The van der Waals surface area contributed by atoms with Crippen LogP contribution in [0.25, 0.3) is 6.08 Å². The minimum absolute atomic E-state index is 0.546. The van der Waals surface area contributed by atoms with Crippen LogP contribution in [0.1, 0.15) is 30.4 Å². The summed E-state index contributed by atoms with van der Waals surface area (Å²) in [5.41, 5.74) is 2.16. The third kappa shape index (κ3) is 6.12. The molecule has 1 unspecified atom stereocenters. The van der Waals surface area contributed by atoms with E-state index in [0.717, 1.165) is 18.4 Å². The summed E-state index contributed by atoms with van der Waals surface area (Å²) in [7, 11) is 0. The van der Waals surface area contributed by atoms with Gasteiger partial charge in [0.2, 0.25) is 0 Å². The van der Waals surface area contributed by atoms with E-state index in [1.165, 1.54) is 5.56 Å². The summed E-state index contributed by atoms with van der Waals surface area (Å²) in [5, 5.41) is 9.83. The van der Waals surface area contributed by atoms with E-state index in [1.54, 1.807) is 0 Å². The van der Waals surface area contributed by atoms with Gasteiger partial charge in [-0.1, -0.05) is 72.5 Å². The predicted molar refractivity (Wildman–Crippen MR) is 88.7 cm³/mol. The van der Waals surface area contributed by atoms with Gasteiger partial charge < -0.3 is 5.11 Å². The molecule has 2 aromatic rings. The Balaban J connectivity index is 1.69. The molecule has 2 aromatic carbocycles. The van der Waals surface area contributed by atoms with Crippen LogP contribution in [0.4, 0.5) is 0 Å². The van der Waals surface area contributed by atoms with Crippen molar-refractivity contribution in [2.24, 2.45) is 0 Å². The highest BCUT2D eigenvalue weighted by Crippen LogP contribution is 2.06. The van der Waals surface area contributed by atoms with Gasteiger partial charge >= 0.3 is 0 Å². The molecule has 0 aliphatic heterocycles. The first-order valence-electron chi connectivity index (χ1n) is 7.31. The standard InChI is InChI=1S/C20H20O/c21-20(17-16-19-13-6-2-7-14-19)15-9-3-8-12-18-10-4-1-5-11-18/h1-2,4-8,10-14,20-21H,3,9,15H2/b12-8+. The molecule has 0 radical (unpaired) electrons. The van der Waals surface area contributed by atoms with Crippen LogP contribution in [-0.2, 0) is 0 Å². The van der Waals surface area contributed by atoms with Gasteiger partial charge in [-0.15, -0.1) is 0 Å². The maximum Gasteiger partial charge on any atom is 0.115 e. The van der Waals surface area contributed by atoms with Crippen LogP contribution in [0.5, 0.6) is 0 Å². The van der Waals surface area contributed by atoms with Crippen molar-refractivity contribution < 1.29 is 5.11 Å². The Bertz CT molecular complexity index is 603. The molecule has 0 saturated heterocycles. The molecule has 21 heavy (non-hydrogen) atoms. The van der Waals surface area contributed by atoms with E-state index in [1.807, 2.05) is 48.5 Å². The van der Waals surface area contributed by atoms with Crippen LogP contribution in [0, 0.1) is 11.8 Å². The number of hydrogen-bond acceptors (Lipinski definition) is 1. The molecule has 1 atom stereocenters. The molecule has 2 rings (SSSR count). The highest BCUT2D eigenvalue weighted by Gasteiger charge is 1.97. The van der Waals surface area contributed by atoms with Gasteiger partial charge in [0.25, 0.3) is 0 Å². The van der Waals surface area contributed by atoms with E-state index in [4.69, 9.17) is 0 Å². The first kappa shape index (κ1) is 15.1. The average Bonchev–Trinajstić information content (AvgIpc) is 2.54. The molecular weight excluding hydrogens is 256 g/mol. The molecule has 0 spiro atoms. The van der Waals surface area contributed by atoms with Gasteiger partial charge in [-0.05, 0) is 37.0 Å². The summed E-state index contributed by atoms with van der Waals surface area (Å²) >= 11 is 0. The van der Waals surface area contributed by atoms with E-state index >= 15 is 0 Å². The maximum atomic E-state index is 9.83. The minimum Gasteiger partial charge on any atom is -0.380 e. The second-order valence-electron chi connectivity index (χ2n) is 4.90. The third-order valence-electron chi connectivity index (χ3n) is 3.12. The number of benzene rings is 2. The first-order chi connectivity index (χ1) is 10.3. The normalized spacial score (nSPS) is 11.9. The Morgan fingerprint density at radius 3 is 2.33 bits per heavy atom. The molecule has 1 heteroatoms. The number of rotatable bonds is 5. The molecule has 0 amide bonds. The lowest BCUT2D eigenvalue weighted by Crippen LogP contribution is -2.01. The number of hydrogen-bond donors (Lipinski definition) is 1. The van der Waals surface area contributed by atoms with Crippen molar-refractivity contribution in [3.63, 3.8) is 0 Å². The topological polar surface area (TPSA) is 20.2 Å². The fourth-order valence-corrected chi connectivity index (χ4v) is 1.97. The Morgan fingerprint density at radius 1 is 0.952 bits per heavy atom. The van der Waals surface area contributed by atoms with Crippen LogP contribution in [0.15, 0.2) is 66.7 Å². The number of unbranched alkanes of at least 4 members (excludes halogenated alkanes) is 1. The number of allylic oxidation sites excluding steroid dienone is 1. The quantitative estimate of drug-likeness (QED) is 0.638. The largest absolute Gasteiger partial charge is 0.380 e. The van der Waals surface area contributed by atoms with Crippen LogP contribution in [-0.4, -0.2) is 11.2 Å². The highest BCUT2D eigenvalue weighted by molar-refractivity contribution is 5.48. The first-order valence-corrected chi connectivity index (χ1v) is 7.31. The summed E-state index contributed by atoms with van der Waals surface area (Å²) < 4.78 is 0. The summed E-state index contributed by atoms with van der Waals surface area (Å²) in [6.07, 6.45) is 6.32. The molecule has 0 heterocycles. The molecule has 0 aliphatic carbocycles. The molecule has 0 saturated carbocycles. The van der Waals surface area contributed by atoms with Gasteiger partial charge in [-0.2, -0.15) is 0 Å². The lowest BCUT2D eigenvalue weighted by molar-refractivity contribution is 0.219. The fraction of sp³-hybridized carbons (Fsp3) is 0.200. The monoisotopic (exact) mass is 276 g/mol. The van der Waals surface area contributed by atoms with Gasteiger partial charge in [-0.3, -0.25) is 0 Å². The van der Waals surface area contributed by atoms with Crippen molar-refractivity contribution >= 4 is 6.08 Å². The molecule has 0 aromatic heterocycles. The molecule has 0 fully saturated rings. The smallest absolute Gasteiger partial charge is 0.115 e. The summed E-state index contributed by atoms with van der Waals surface area (Å²) in [5.74, 6) is 5.88. The van der Waals surface area contributed by atoms with Crippen molar-refractivity contribution in [3.8, 4) is 11.8 Å². The summed E-state index contributed by atoms with van der Waals surface area (Å²) in [4.78, 5) is 0. The summed E-state index contributed by atoms with van der Waals surface area (Å²) in [6, 6.07) is 20.0. The zero-order valence-electron chi connectivity index (χ0n) is 12.1. The van der Waals surface area contributed by atoms with E-state index in [2.05, 4.69) is 36.1 Å². The Kier molecular flexibility index (Phi) is 6.32. The minimum atomic E-state index is -0.546.